The second-order valence-corrected chi connectivity index (χ2v) is 7.00. The predicted molar refractivity (Wildman–Crippen MR) is 99.6 cm³/mol. The molecule has 5 heteroatoms. The average molecular weight is 383 g/mol. The lowest BCUT2D eigenvalue weighted by molar-refractivity contribution is -0.384. The molecule has 0 spiro atoms. The van der Waals surface area contributed by atoms with Gasteiger partial charge in [-0.25, -0.2) is 0 Å². The van der Waals surface area contributed by atoms with Gasteiger partial charge in [0.25, 0.3) is 5.69 Å². The van der Waals surface area contributed by atoms with Crippen molar-refractivity contribution in [1.82, 2.24) is 0 Å². The zero-order chi connectivity index (χ0) is 17.0. The van der Waals surface area contributed by atoms with Gasteiger partial charge in [-0.1, -0.05) is 40.0 Å². The Morgan fingerprint density at radius 3 is 2.39 bits per heavy atom. The highest BCUT2D eigenvalue weighted by atomic mass is 79.9. The van der Waals surface area contributed by atoms with Crippen LogP contribution in [0.1, 0.15) is 63.1 Å². The molecule has 0 N–H and O–H groups in total. The first kappa shape index (κ1) is 18.2. The van der Waals surface area contributed by atoms with Crippen molar-refractivity contribution in [3.63, 3.8) is 0 Å². The molecule has 1 aliphatic rings. The molecule has 0 saturated carbocycles. The summed E-state index contributed by atoms with van der Waals surface area (Å²) in [5, 5.41) is 11.8. The molecule has 1 aliphatic heterocycles. The minimum Gasteiger partial charge on any atom is -0.365 e. The van der Waals surface area contributed by atoms with Crippen LogP contribution in [0.25, 0.3) is 0 Å². The van der Waals surface area contributed by atoms with Gasteiger partial charge in [-0.3, -0.25) is 10.1 Å². The molecular weight excluding hydrogens is 356 g/mol. The highest BCUT2D eigenvalue weighted by Gasteiger charge is 2.34. The van der Waals surface area contributed by atoms with Crippen LogP contribution in [0, 0.1) is 10.1 Å². The molecule has 0 radical (unpaired) electrons. The number of benzene rings is 1. The summed E-state index contributed by atoms with van der Waals surface area (Å²) < 4.78 is 0.959. The molecular formula is C18H27BrN2O2. The Morgan fingerprint density at radius 2 is 1.83 bits per heavy atom. The molecule has 128 valence electrons. The van der Waals surface area contributed by atoms with Gasteiger partial charge in [0.2, 0.25) is 0 Å². The van der Waals surface area contributed by atoms with Crippen molar-refractivity contribution in [2.75, 3.05) is 18.0 Å². The topological polar surface area (TPSA) is 46.4 Å². The van der Waals surface area contributed by atoms with Crippen LogP contribution in [0.3, 0.4) is 0 Å². The fraction of sp³-hybridized carbons (Fsp3) is 0.667. The number of anilines is 1. The molecule has 1 aromatic carbocycles. The molecule has 0 aromatic heterocycles. The summed E-state index contributed by atoms with van der Waals surface area (Å²) in [4.78, 5) is 13.9. The van der Waals surface area contributed by atoms with Crippen molar-refractivity contribution < 1.29 is 4.92 Å². The van der Waals surface area contributed by atoms with Gasteiger partial charge in [-0.15, -0.1) is 0 Å². The lowest BCUT2D eigenvalue weighted by Crippen LogP contribution is -2.23. The molecule has 4 nitrogen and oxygen atoms in total. The van der Waals surface area contributed by atoms with Crippen LogP contribution in [0.4, 0.5) is 11.4 Å². The van der Waals surface area contributed by atoms with Crippen LogP contribution in [0.2, 0.25) is 0 Å². The Labute approximate surface area is 147 Å². The second-order valence-electron chi connectivity index (χ2n) is 6.21. The van der Waals surface area contributed by atoms with Crippen molar-refractivity contribution in [3.05, 3.63) is 31.3 Å². The number of rotatable bonds is 8. The van der Waals surface area contributed by atoms with E-state index in [1.807, 2.05) is 6.92 Å². The standard InChI is InChI=1S/C18H27BrN2O2/c1-4-7-8-9-11-20-12-10-15-13(5-2)16(19)14(6-3)18(17(15)20)21(22)23/h4-12H2,1-3H3. The van der Waals surface area contributed by atoms with E-state index in [9.17, 15) is 10.1 Å². The van der Waals surface area contributed by atoms with Gasteiger partial charge in [0.05, 0.1) is 4.92 Å². The maximum absolute atomic E-state index is 11.8. The summed E-state index contributed by atoms with van der Waals surface area (Å²) in [6.07, 6.45) is 7.29. The van der Waals surface area contributed by atoms with Crippen LogP contribution >= 0.6 is 15.9 Å². The molecule has 0 bridgehead atoms. The number of hydrogen-bond acceptors (Lipinski definition) is 3. The van der Waals surface area contributed by atoms with E-state index in [4.69, 9.17) is 0 Å². The van der Waals surface area contributed by atoms with E-state index < -0.39 is 0 Å². The van der Waals surface area contributed by atoms with Gasteiger partial charge in [-0.2, -0.15) is 0 Å². The van der Waals surface area contributed by atoms with Crippen molar-refractivity contribution in [1.29, 1.82) is 0 Å². The first-order valence-electron chi connectivity index (χ1n) is 8.82. The van der Waals surface area contributed by atoms with E-state index in [-0.39, 0.29) is 4.92 Å². The largest absolute Gasteiger partial charge is 0.365 e. The molecule has 1 heterocycles. The fourth-order valence-electron chi connectivity index (χ4n) is 3.66. The van der Waals surface area contributed by atoms with E-state index in [0.29, 0.717) is 12.1 Å². The molecule has 0 atom stereocenters. The number of halogens is 1. The van der Waals surface area contributed by atoms with E-state index in [2.05, 4.69) is 34.7 Å². The Bertz CT molecular complexity index is 587. The number of unbranched alkanes of at least 4 members (excludes halogenated alkanes) is 3. The monoisotopic (exact) mass is 382 g/mol. The SMILES string of the molecule is CCCCCCN1CCc2c(CC)c(Br)c(CC)c([N+](=O)[O-])c21. The van der Waals surface area contributed by atoms with Crippen LogP contribution in [0.5, 0.6) is 0 Å². The summed E-state index contributed by atoms with van der Waals surface area (Å²) in [6.45, 7) is 8.18. The Hall–Kier alpha value is -1.10. The second kappa shape index (κ2) is 8.13. The smallest absolute Gasteiger partial charge is 0.297 e. The number of hydrogen-bond donors (Lipinski definition) is 0. The van der Waals surface area contributed by atoms with E-state index in [0.717, 1.165) is 48.1 Å². The normalized spacial score (nSPS) is 13.5. The molecule has 0 aliphatic carbocycles. The van der Waals surface area contributed by atoms with Gasteiger partial charge < -0.3 is 4.90 Å². The van der Waals surface area contributed by atoms with Crippen molar-refractivity contribution in [2.45, 2.75) is 65.7 Å². The van der Waals surface area contributed by atoms with Gasteiger partial charge in [-0.05, 0) is 52.7 Å². The minimum atomic E-state index is -0.174. The number of fused-ring (bicyclic) bond motifs is 1. The van der Waals surface area contributed by atoms with Crippen LogP contribution < -0.4 is 4.90 Å². The Balaban J connectivity index is 2.45. The summed E-state index contributed by atoms with van der Waals surface area (Å²) in [5.41, 5.74) is 4.55. The zero-order valence-electron chi connectivity index (χ0n) is 14.5. The van der Waals surface area contributed by atoms with Gasteiger partial charge >= 0.3 is 0 Å². The van der Waals surface area contributed by atoms with Crippen molar-refractivity contribution in [3.8, 4) is 0 Å². The van der Waals surface area contributed by atoms with Gasteiger partial charge in [0, 0.05) is 23.1 Å². The highest BCUT2D eigenvalue weighted by molar-refractivity contribution is 9.10. The first-order chi connectivity index (χ1) is 11.1. The lowest BCUT2D eigenvalue weighted by atomic mass is 9.96. The highest BCUT2D eigenvalue weighted by Crippen LogP contribution is 2.46. The van der Waals surface area contributed by atoms with Crippen LogP contribution in [-0.4, -0.2) is 18.0 Å². The van der Waals surface area contributed by atoms with Gasteiger partial charge in [0.1, 0.15) is 5.69 Å². The molecule has 0 fully saturated rings. The number of nitro benzene ring substituents is 1. The fourth-order valence-corrected chi connectivity index (χ4v) is 4.64. The van der Waals surface area contributed by atoms with E-state index >= 15 is 0 Å². The van der Waals surface area contributed by atoms with E-state index in [1.54, 1.807) is 0 Å². The summed E-state index contributed by atoms with van der Waals surface area (Å²) in [7, 11) is 0. The maximum Gasteiger partial charge on any atom is 0.297 e. The third-order valence-corrected chi connectivity index (χ3v) is 5.77. The summed E-state index contributed by atoms with van der Waals surface area (Å²) in [6, 6.07) is 0. The third-order valence-electron chi connectivity index (χ3n) is 4.81. The predicted octanol–water partition coefficient (Wildman–Crippen LogP) is 5.42. The van der Waals surface area contributed by atoms with Crippen molar-refractivity contribution >= 4 is 27.3 Å². The molecule has 0 saturated heterocycles. The third kappa shape index (κ3) is 3.54. The van der Waals surface area contributed by atoms with Crippen LogP contribution in [0.15, 0.2) is 4.47 Å². The maximum atomic E-state index is 11.8. The summed E-state index contributed by atoms with van der Waals surface area (Å²) >= 11 is 3.64. The quantitative estimate of drug-likeness (QED) is 0.342. The lowest BCUT2D eigenvalue weighted by Gasteiger charge is -2.22. The Kier molecular flexibility index (Phi) is 6.45. The molecule has 23 heavy (non-hydrogen) atoms. The van der Waals surface area contributed by atoms with Crippen LogP contribution in [-0.2, 0) is 19.3 Å². The zero-order valence-corrected chi connectivity index (χ0v) is 16.0. The molecule has 2 rings (SSSR count). The number of nitrogens with zero attached hydrogens (tertiary/aromatic N) is 2. The first-order valence-corrected chi connectivity index (χ1v) is 9.61. The average Bonchev–Trinajstić information content (AvgIpc) is 2.93. The van der Waals surface area contributed by atoms with E-state index in [1.165, 1.54) is 30.4 Å². The van der Waals surface area contributed by atoms with Crippen molar-refractivity contribution in [2.24, 2.45) is 0 Å². The minimum absolute atomic E-state index is 0.174. The molecule has 0 unspecified atom stereocenters. The number of nitro groups is 1. The molecule has 1 aromatic rings. The molecule has 0 amide bonds. The Morgan fingerprint density at radius 1 is 1.13 bits per heavy atom. The summed E-state index contributed by atoms with van der Waals surface area (Å²) in [5.74, 6) is 0. The van der Waals surface area contributed by atoms with Gasteiger partial charge in [0.15, 0.2) is 0 Å².